The summed E-state index contributed by atoms with van der Waals surface area (Å²) in [4.78, 5) is 23.7. The van der Waals surface area contributed by atoms with Crippen LogP contribution in [0.3, 0.4) is 0 Å². The average Bonchev–Trinajstić information content (AvgIpc) is 2.64. The third kappa shape index (κ3) is 5.93. The lowest BCUT2D eigenvalue weighted by Gasteiger charge is -2.15. The van der Waals surface area contributed by atoms with Crippen molar-refractivity contribution in [2.75, 3.05) is 5.88 Å². The van der Waals surface area contributed by atoms with Crippen LogP contribution in [0.25, 0.3) is 0 Å². The molecule has 0 spiro atoms. The molecule has 1 unspecified atom stereocenters. The molecule has 0 bridgehead atoms. The number of nitrogens with one attached hydrogen (secondary N) is 1. The molecule has 0 aromatic heterocycles. The lowest BCUT2D eigenvalue weighted by molar-refractivity contribution is -0.146. The summed E-state index contributed by atoms with van der Waals surface area (Å²) in [6.45, 7) is 0.231. The van der Waals surface area contributed by atoms with Gasteiger partial charge in [-0.25, -0.2) is 9.59 Å². The Hall–Kier alpha value is -2.53. The van der Waals surface area contributed by atoms with Gasteiger partial charge in [-0.3, -0.25) is 0 Å². The highest BCUT2D eigenvalue weighted by Gasteiger charge is 2.22. The Bertz CT molecular complexity index is 649. The first kappa shape index (κ1) is 17.8. The summed E-state index contributed by atoms with van der Waals surface area (Å²) in [5, 5.41) is 2.41. The third-order valence-electron chi connectivity index (χ3n) is 3.17. The van der Waals surface area contributed by atoms with Gasteiger partial charge in [0.1, 0.15) is 19.3 Å². The Kier molecular flexibility index (Phi) is 7.11. The van der Waals surface area contributed by atoms with E-state index in [2.05, 4.69) is 5.32 Å². The van der Waals surface area contributed by atoms with Crippen molar-refractivity contribution in [1.82, 2.24) is 5.32 Å². The van der Waals surface area contributed by atoms with Crippen LogP contribution in [0.1, 0.15) is 11.1 Å². The highest BCUT2D eigenvalue weighted by atomic mass is 35.5. The lowest BCUT2D eigenvalue weighted by atomic mass is 10.2. The average molecular weight is 348 g/mol. The molecule has 2 aromatic carbocycles. The molecule has 1 amide bonds. The fourth-order valence-corrected chi connectivity index (χ4v) is 2.10. The monoisotopic (exact) mass is 347 g/mol. The molecule has 24 heavy (non-hydrogen) atoms. The van der Waals surface area contributed by atoms with Crippen molar-refractivity contribution in [3.8, 4) is 0 Å². The minimum atomic E-state index is -0.960. The van der Waals surface area contributed by atoms with Gasteiger partial charge < -0.3 is 14.8 Å². The Morgan fingerprint density at radius 1 is 0.875 bits per heavy atom. The standard InChI is InChI=1S/C18H18ClNO4/c19-11-16(17(21)23-12-14-7-3-1-4-8-14)20-18(22)24-13-15-9-5-2-6-10-15/h1-10,16H,11-13H2,(H,20,22). The fraction of sp³-hybridized carbons (Fsp3) is 0.222. The van der Waals surface area contributed by atoms with E-state index >= 15 is 0 Å². The van der Waals surface area contributed by atoms with Crippen LogP contribution in [0.5, 0.6) is 0 Å². The highest BCUT2D eigenvalue weighted by molar-refractivity contribution is 6.19. The summed E-state index contributed by atoms with van der Waals surface area (Å²) in [5.41, 5.74) is 1.70. The van der Waals surface area contributed by atoms with Crippen molar-refractivity contribution >= 4 is 23.7 Å². The fourth-order valence-electron chi connectivity index (χ4n) is 1.90. The Balaban J connectivity index is 1.77. The van der Waals surface area contributed by atoms with E-state index in [-0.39, 0.29) is 19.1 Å². The molecule has 0 aliphatic rings. The zero-order valence-electron chi connectivity index (χ0n) is 13.0. The molecule has 1 N–H and O–H groups in total. The predicted molar refractivity (Wildman–Crippen MR) is 90.5 cm³/mol. The van der Waals surface area contributed by atoms with Crippen molar-refractivity contribution in [3.05, 3.63) is 71.8 Å². The predicted octanol–water partition coefficient (Wildman–Crippen LogP) is 3.26. The van der Waals surface area contributed by atoms with Crippen molar-refractivity contribution in [1.29, 1.82) is 0 Å². The van der Waals surface area contributed by atoms with Gasteiger partial charge >= 0.3 is 12.1 Å². The maximum Gasteiger partial charge on any atom is 0.408 e. The summed E-state index contributed by atoms with van der Waals surface area (Å²) in [6.07, 6.45) is -0.721. The van der Waals surface area contributed by atoms with E-state index in [9.17, 15) is 9.59 Å². The van der Waals surface area contributed by atoms with Crippen LogP contribution in [0, 0.1) is 0 Å². The number of halogens is 1. The number of carbonyl (C=O) groups is 2. The smallest absolute Gasteiger partial charge is 0.408 e. The van der Waals surface area contributed by atoms with Gasteiger partial charge in [0.15, 0.2) is 0 Å². The highest BCUT2D eigenvalue weighted by Crippen LogP contribution is 2.04. The second kappa shape index (κ2) is 9.57. The van der Waals surface area contributed by atoms with Crippen LogP contribution in [0.4, 0.5) is 4.79 Å². The van der Waals surface area contributed by atoms with E-state index in [0.29, 0.717) is 0 Å². The number of ether oxygens (including phenoxy) is 2. The molecule has 0 fully saturated rings. The Morgan fingerprint density at radius 2 is 1.38 bits per heavy atom. The second-order valence-electron chi connectivity index (χ2n) is 5.01. The van der Waals surface area contributed by atoms with Gasteiger partial charge in [0.05, 0.1) is 5.88 Å². The molecule has 0 saturated carbocycles. The molecule has 0 aliphatic heterocycles. The molecule has 0 heterocycles. The van der Waals surface area contributed by atoms with E-state index in [4.69, 9.17) is 21.1 Å². The number of hydrogen-bond acceptors (Lipinski definition) is 4. The minimum absolute atomic E-state index is 0.103. The van der Waals surface area contributed by atoms with Gasteiger partial charge in [0, 0.05) is 0 Å². The minimum Gasteiger partial charge on any atom is -0.459 e. The third-order valence-corrected chi connectivity index (χ3v) is 3.48. The van der Waals surface area contributed by atoms with Crippen LogP contribution in [0.15, 0.2) is 60.7 Å². The topological polar surface area (TPSA) is 64.6 Å². The van der Waals surface area contributed by atoms with Crippen LogP contribution < -0.4 is 5.32 Å². The molecule has 2 aromatic rings. The van der Waals surface area contributed by atoms with Crippen molar-refractivity contribution in [3.63, 3.8) is 0 Å². The largest absolute Gasteiger partial charge is 0.459 e. The number of alkyl halides is 1. The van der Waals surface area contributed by atoms with Crippen LogP contribution >= 0.6 is 11.6 Å². The SMILES string of the molecule is O=C(NC(CCl)C(=O)OCc1ccccc1)OCc1ccccc1. The number of alkyl carbamates (subject to hydrolysis) is 1. The molecule has 6 heteroatoms. The first-order valence-electron chi connectivity index (χ1n) is 7.43. The first-order valence-corrected chi connectivity index (χ1v) is 7.96. The number of amides is 1. The van der Waals surface area contributed by atoms with E-state index < -0.39 is 18.1 Å². The molecule has 0 radical (unpaired) electrons. The molecule has 126 valence electrons. The first-order chi connectivity index (χ1) is 11.7. The van der Waals surface area contributed by atoms with Gasteiger partial charge in [-0.05, 0) is 11.1 Å². The van der Waals surface area contributed by atoms with Crippen LogP contribution in [-0.2, 0) is 27.5 Å². The molecular weight excluding hydrogens is 330 g/mol. The molecule has 2 rings (SSSR count). The maximum atomic E-state index is 12.0. The molecule has 1 atom stereocenters. The van der Waals surface area contributed by atoms with Crippen molar-refractivity contribution in [2.45, 2.75) is 19.3 Å². The molecule has 0 aliphatic carbocycles. The van der Waals surface area contributed by atoms with E-state index in [1.165, 1.54) is 0 Å². The summed E-state index contributed by atoms with van der Waals surface area (Å²) >= 11 is 5.73. The van der Waals surface area contributed by atoms with Crippen LogP contribution in [0.2, 0.25) is 0 Å². The zero-order valence-corrected chi connectivity index (χ0v) is 13.7. The van der Waals surface area contributed by atoms with Gasteiger partial charge in [0.25, 0.3) is 0 Å². The number of benzene rings is 2. The zero-order chi connectivity index (χ0) is 17.2. The molecular formula is C18H18ClNO4. The molecule has 0 saturated heterocycles. The van der Waals surface area contributed by atoms with Crippen LogP contribution in [-0.4, -0.2) is 24.0 Å². The Morgan fingerprint density at radius 3 is 1.88 bits per heavy atom. The van der Waals surface area contributed by atoms with Gasteiger partial charge in [-0.15, -0.1) is 11.6 Å². The summed E-state index contributed by atoms with van der Waals surface area (Å²) < 4.78 is 10.2. The van der Waals surface area contributed by atoms with E-state index in [1.807, 2.05) is 60.7 Å². The van der Waals surface area contributed by atoms with E-state index in [0.717, 1.165) is 11.1 Å². The molecule has 5 nitrogen and oxygen atoms in total. The summed E-state index contributed by atoms with van der Waals surface area (Å²) in [5.74, 6) is -0.709. The second-order valence-corrected chi connectivity index (χ2v) is 5.31. The van der Waals surface area contributed by atoms with Gasteiger partial charge in [-0.1, -0.05) is 60.7 Å². The maximum absolute atomic E-state index is 12.0. The quantitative estimate of drug-likeness (QED) is 0.616. The van der Waals surface area contributed by atoms with E-state index in [1.54, 1.807) is 0 Å². The number of rotatable bonds is 7. The number of hydrogen-bond donors (Lipinski definition) is 1. The van der Waals surface area contributed by atoms with Crippen molar-refractivity contribution in [2.24, 2.45) is 0 Å². The Labute approximate surface area is 145 Å². The number of carbonyl (C=O) groups excluding carboxylic acids is 2. The van der Waals surface area contributed by atoms with Gasteiger partial charge in [-0.2, -0.15) is 0 Å². The summed E-state index contributed by atoms with van der Waals surface area (Å²) in [7, 11) is 0. The van der Waals surface area contributed by atoms with Crippen molar-refractivity contribution < 1.29 is 19.1 Å². The van der Waals surface area contributed by atoms with Gasteiger partial charge in [0.2, 0.25) is 0 Å². The summed E-state index contributed by atoms with van der Waals surface area (Å²) in [6, 6.07) is 17.5. The number of esters is 1. The normalized spacial score (nSPS) is 11.4. The lowest BCUT2D eigenvalue weighted by Crippen LogP contribution is -2.43.